The van der Waals surface area contributed by atoms with Crippen molar-refractivity contribution < 1.29 is 14.7 Å². The van der Waals surface area contributed by atoms with Gasteiger partial charge in [0.25, 0.3) is 0 Å². The molecule has 1 amide bonds. The van der Waals surface area contributed by atoms with Crippen molar-refractivity contribution in [1.82, 2.24) is 4.90 Å². The molecule has 0 aromatic heterocycles. The van der Waals surface area contributed by atoms with Gasteiger partial charge in [0, 0.05) is 19.5 Å². The van der Waals surface area contributed by atoms with Gasteiger partial charge in [-0.05, 0) is 11.8 Å². The summed E-state index contributed by atoms with van der Waals surface area (Å²) in [6.07, 6.45) is 2.68. The van der Waals surface area contributed by atoms with E-state index in [1.165, 1.54) is 0 Å². The Morgan fingerprint density at radius 1 is 1.22 bits per heavy atom. The van der Waals surface area contributed by atoms with Gasteiger partial charge in [-0.2, -0.15) is 0 Å². The highest BCUT2D eigenvalue weighted by atomic mass is 16.4. The van der Waals surface area contributed by atoms with E-state index in [1.54, 1.807) is 4.90 Å². The van der Waals surface area contributed by atoms with Crippen molar-refractivity contribution in [2.75, 3.05) is 13.1 Å². The minimum absolute atomic E-state index is 0.0284. The SMILES string of the molecule is CCCC(C)CC(=O)N(CCC(=O)O)CC(C)C. The summed E-state index contributed by atoms with van der Waals surface area (Å²) in [5, 5.41) is 8.71. The first-order valence-electron chi connectivity index (χ1n) is 6.86. The van der Waals surface area contributed by atoms with Crippen LogP contribution in [0.4, 0.5) is 0 Å². The van der Waals surface area contributed by atoms with Gasteiger partial charge in [0.1, 0.15) is 0 Å². The molecule has 0 saturated carbocycles. The van der Waals surface area contributed by atoms with E-state index in [9.17, 15) is 9.59 Å². The molecule has 106 valence electrons. The van der Waals surface area contributed by atoms with Gasteiger partial charge in [-0.25, -0.2) is 0 Å². The van der Waals surface area contributed by atoms with Gasteiger partial charge >= 0.3 is 5.97 Å². The standard InChI is InChI=1S/C14H27NO3/c1-5-6-12(4)9-13(16)15(10-11(2)3)8-7-14(17)18/h11-12H,5-10H2,1-4H3,(H,17,18). The molecule has 0 aromatic carbocycles. The van der Waals surface area contributed by atoms with E-state index in [0.29, 0.717) is 31.3 Å². The van der Waals surface area contributed by atoms with Crippen molar-refractivity contribution in [3.05, 3.63) is 0 Å². The molecule has 0 aliphatic rings. The van der Waals surface area contributed by atoms with Crippen LogP contribution in [-0.2, 0) is 9.59 Å². The second-order valence-corrected chi connectivity index (χ2v) is 5.48. The molecule has 1 N–H and O–H groups in total. The fourth-order valence-electron chi connectivity index (χ4n) is 2.01. The van der Waals surface area contributed by atoms with Crippen molar-refractivity contribution in [1.29, 1.82) is 0 Å². The van der Waals surface area contributed by atoms with Crippen LogP contribution in [0.15, 0.2) is 0 Å². The van der Waals surface area contributed by atoms with Crippen LogP contribution >= 0.6 is 0 Å². The summed E-state index contributed by atoms with van der Waals surface area (Å²) in [6, 6.07) is 0. The first-order chi connectivity index (χ1) is 8.36. The van der Waals surface area contributed by atoms with Gasteiger partial charge in [-0.3, -0.25) is 9.59 Å². The van der Waals surface area contributed by atoms with Crippen LogP contribution in [0.1, 0.15) is 53.4 Å². The molecular weight excluding hydrogens is 230 g/mol. The normalized spacial score (nSPS) is 12.5. The summed E-state index contributed by atoms with van der Waals surface area (Å²) in [5.41, 5.74) is 0. The molecule has 4 nitrogen and oxygen atoms in total. The van der Waals surface area contributed by atoms with Crippen molar-refractivity contribution >= 4 is 11.9 Å². The van der Waals surface area contributed by atoms with E-state index in [0.717, 1.165) is 12.8 Å². The predicted octanol–water partition coefficient (Wildman–Crippen LogP) is 2.77. The van der Waals surface area contributed by atoms with Gasteiger partial charge in [0.2, 0.25) is 5.91 Å². The molecule has 0 radical (unpaired) electrons. The van der Waals surface area contributed by atoms with Crippen molar-refractivity contribution in [2.45, 2.75) is 53.4 Å². The summed E-state index contributed by atoms with van der Waals surface area (Å²) in [7, 11) is 0. The Morgan fingerprint density at radius 3 is 2.28 bits per heavy atom. The first-order valence-corrected chi connectivity index (χ1v) is 6.86. The lowest BCUT2D eigenvalue weighted by atomic mass is 10.0. The maximum absolute atomic E-state index is 12.1. The smallest absolute Gasteiger partial charge is 0.305 e. The molecular formula is C14H27NO3. The Kier molecular flexibility index (Phi) is 8.42. The van der Waals surface area contributed by atoms with Crippen molar-refractivity contribution in [3.8, 4) is 0 Å². The fraction of sp³-hybridized carbons (Fsp3) is 0.857. The summed E-state index contributed by atoms with van der Waals surface area (Å²) < 4.78 is 0. The number of rotatable bonds is 9. The van der Waals surface area contributed by atoms with Crippen LogP contribution in [0.2, 0.25) is 0 Å². The average molecular weight is 257 g/mol. The molecule has 0 aromatic rings. The summed E-state index contributed by atoms with van der Waals surface area (Å²) in [5.74, 6) is -0.0183. The van der Waals surface area contributed by atoms with E-state index in [1.807, 2.05) is 13.8 Å². The summed E-state index contributed by atoms with van der Waals surface area (Å²) in [4.78, 5) is 24.4. The number of carboxylic acid groups (broad SMARTS) is 1. The Bertz CT molecular complexity index is 264. The number of carbonyl (C=O) groups excluding carboxylic acids is 1. The van der Waals surface area contributed by atoms with E-state index < -0.39 is 5.97 Å². The number of hydrogen-bond acceptors (Lipinski definition) is 2. The van der Waals surface area contributed by atoms with Crippen LogP contribution in [0.25, 0.3) is 0 Å². The minimum Gasteiger partial charge on any atom is -0.481 e. The van der Waals surface area contributed by atoms with Gasteiger partial charge in [-0.1, -0.05) is 40.5 Å². The third kappa shape index (κ3) is 8.09. The molecule has 0 rings (SSSR count). The van der Waals surface area contributed by atoms with Gasteiger partial charge in [0.05, 0.1) is 6.42 Å². The topological polar surface area (TPSA) is 57.6 Å². The molecule has 0 bridgehead atoms. The number of nitrogens with zero attached hydrogens (tertiary/aromatic N) is 1. The van der Waals surface area contributed by atoms with E-state index in [2.05, 4.69) is 13.8 Å². The lowest BCUT2D eigenvalue weighted by Gasteiger charge is -2.25. The van der Waals surface area contributed by atoms with Crippen LogP contribution in [0.3, 0.4) is 0 Å². The highest BCUT2D eigenvalue weighted by Gasteiger charge is 2.18. The van der Waals surface area contributed by atoms with Gasteiger partial charge < -0.3 is 10.0 Å². The molecule has 0 heterocycles. The average Bonchev–Trinajstić information content (AvgIpc) is 2.23. The van der Waals surface area contributed by atoms with Crippen molar-refractivity contribution in [2.24, 2.45) is 11.8 Å². The molecule has 4 heteroatoms. The minimum atomic E-state index is -0.849. The first kappa shape index (κ1) is 16.9. The maximum atomic E-state index is 12.1. The van der Waals surface area contributed by atoms with Gasteiger partial charge in [0.15, 0.2) is 0 Å². The maximum Gasteiger partial charge on any atom is 0.305 e. The van der Waals surface area contributed by atoms with Crippen LogP contribution in [0.5, 0.6) is 0 Å². The lowest BCUT2D eigenvalue weighted by molar-refractivity contribution is -0.139. The number of aliphatic carboxylic acids is 1. The Labute approximate surface area is 110 Å². The summed E-state index contributed by atoms with van der Waals surface area (Å²) in [6.45, 7) is 9.23. The molecule has 0 aliphatic carbocycles. The molecule has 18 heavy (non-hydrogen) atoms. The molecule has 0 saturated heterocycles. The largest absolute Gasteiger partial charge is 0.481 e. The fourth-order valence-corrected chi connectivity index (χ4v) is 2.01. The Balaban J connectivity index is 4.34. The van der Waals surface area contributed by atoms with E-state index in [4.69, 9.17) is 5.11 Å². The zero-order chi connectivity index (χ0) is 14.1. The highest BCUT2D eigenvalue weighted by molar-refractivity contribution is 5.77. The van der Waals surface area contributed by atoms with Crippen molar-refractivity contribution in [3.63, 3.8) is 0 Å². The lowest BCUT2D eigenvalue weighted by Crippen LogP contribution is -2.36. The number of carbonyl (C=O) groups is 2. The van der Waals surface area contributed by atoms with E-state index >= 15 is 0 Å². The predicted molar refractivity (Wildman–Crippen MR) is 72.4 cm³/mol. The molecule has 1 atom stereocenters. The molecule has 0 spiro atoms. The Hall–Kier alpha value is -1.06. The monoisotopic (exact) mass is 257 g/mol. The zero-order valence-corrected chi connectivity index (χ0v) is 12.1. The van der Waals surface area contributed by atoms with Crippen LogP contribution in [0, 0.1) is 11.8 Å². The second-order valence-electron chi connectivity index (χ2n) is 5.48. The van der Waals surface area contributed by atoms with Crippen LogP contribution in [-0.4, -0.2) is 35.0 Å². The second kappa shape index (κ2) is 8.95. The number of amides is 1. The molecule has 0 fully saturated rings. The quantitative estimate of drug-likeness (QED) is 0.691. The van der Waals surface area contributed by atoms with Crippen LogP contribution < -0.4 is 0 Å². The molecule has 1 unspecified atom stereocenters. The number of hydrogen-bond donors (Lipinski definition) is 1. The van der Waals surface area contributed by atoms with E-state index in [-0.39, 0.29) is 12.3 Å². The summed E-state index contributed by atoms with van der Waals surface area (Å²) >= 11 is 0. The number of carboxylic acids is 1. The third-order valence-electron chi connectivity index (χ3n) is 2.84. The van der Waals surface area contributed by atoms with Gasteiger partial charge in [-0.15, -0.1) is 0 Å². The Morgan fingerprint density at radius 2 is 1.83 bits per heavy atom. The zero-order valence-electron chi connectivity index (χ0n) is 12.1. The third-order valence-corrected chi connectivity index (χ3v) is 2.84. The molecule has 0 aliphatic heterocycles. The highest BCUT2D eigenvalue weighted by Crippen LogP contribution is 2.13.